The van der Waals surface area contributed by atoms with Gasteiger partial charge in [0.15, 0.2) is 9.84 Å². The molecule has 1 N–H and O–H groups in total. The van der Waals surface area contributed by atoms with E-state index in [-0.39, 0.29) is 39.2 Å². The van der Waals surface area contributed by atoms with Crippen LogP contribution in [0.3, 0.4) is 0 Å². The lowest BCUT2D eigenvalue weighted by molar-refractivity contribution is 0.0730. The maximum absolute atomic E-state index is 12.8. The fraction of sp³-hybridized carbons (Fsp3) is 0.278. The van der Waals surface area contributed by atoms with Gasteiger partial charge in [0.25, 0.3) is 5.91 Å². The number of halogens is 1. The van der Waals surface area contributed by atoms with Crippen LogP contribution in [-0.4, -0.2) is 59.6 Å². The highest BCUT2D eigenvalue weighted by atomic mass is 35.5. The number of anilines is 1. The molecule has 2 aromatic rings. The first-order valence-corrected chi connectivity index (χ1v) is 12.3. The molecule has 0 spiro atoms. The summed E-state index contributed by atoms with van der Waals surface area (Å²) in [4.78, 5) is 12.6. The number of hydrogen-bond donors (Lipinski definition) is 1. The van der Waals surface area contributed by atoms with Gasteiger partial charge in [-0.2, -0.15) is 4.31 Å². The van der Waals surface area contributed by atoms with E-state index < -0.39 is 25.8 Å². The predicted octanol–water partition coefficient (Wildman–Crippen LogP) is 2.02. The average Bonchev–Trinajstić information content (AvgIpc) is 2.68. The lowest BCUT2D eigenvalue weighted by Gasteiger charge is -2.26. The van der Waals surface area contributed by atoms with Crippen LogP contribution >= 0.6 is 11.6 Å². The number of sulfonamides is 1. The topological polar surface area (TPSA) is 110 Å². The van der Waals surface area contributed by atoms with Gasteiger partial charge in [0.05, 0.1) is 39.3 Å². The van der Waals surface area contributed by atoms with Crippen molar-refractivity contribution in [2.75, 3.05) is 37.9 Å². The maximum Gasteiger partial charge on any atom is 0.257 e. The summed E-state index contributed by atoms with van der Waals surface area (Å²) in [7, 11) is -7.40. The number of sulfone groups is 1. The van der Waals surface area contributed by atoms with Gasteiger partial charge in [0, 0.05) is 19.3 Å². The van der Waals surface area contributed by atoms with Crippen molar-refractivity contribution in [3.8, 4) is 0 Å². The molecule has 1 fully saturated rings. The molecule has 1 saturated heterocycles. The number of benzene rings is 2. The van der Waals surface area contributed by atoms with Crippen molar-refractivity contribution in [2.24, 2.45) is 0 Å². The highest BCUT2D eigenvalue weighted by Gasteiger charge is 2.28. The van der Waals surface area contributed by atoms with Crippen molar-refractivity contribution >= 4 is 43.1 Å². The van der Waals surface area contributed by atoms with Gasteiger partial charge in [-0.15, -0.1) is 0 Å². The van der Waals surface area contributed by atoms with Crippen molar-refractivity contribution in [1.82, 2.24) is 4.31 Å². The van der Waals surface area contributed by atoms with Gasteiger partial charge >= 0.3 is 0 Å². The Hall–Kier alpha value is -1.98. The largest absolute Gasteiger partial charge is 0.379 e. The second-order valence-corrected chi connectivity index (χ2v) is 10.7. The van der Waals surface area contributed by atoms with Crippen molar-refractivity contribution < 1.29 is 26.4 Å². The molecule has 1 aliphatic heterocycles. The van der Waals surface area contributed by atoms with Gasteiger partial charge in [0.2, 0.25) is 10.0 Å². The predicted molar refractivity (Wildman–Crippen MR) is 109 cm³/mol. The summed E-state index contributed by atoms with van der Waals surface area (Å²) >= 11 is 6.12. The molecule has 2 aromatic carbocycles. The van der Waals surface area contributed by atoms with E-state index in [2.05, 4.69) is 5.32 Å². The molecular weight excluding hydrogens is 440 g/mol. The molecule has 29 heavy (non-hydrogen) atoms. The summed E-state index contributed by atoms with van der Waals surface area (Å²) in [6, 6.07) is 9.76. The minimum absolute atomic E-state index is 0.0419. The number of para-hydroxylation sites is 1. The van der Waals surface area contributed by atoms with Crippen molar-refractivity contribution in [1.29, 1.82) is 0 Å². The molecule has 1 aliphatic rings. The SMILES string of the molecule is CS(=O)(=O)c1ccccc1NC(=O)c1cc(S(=O)(=O)N2CCOCC2)ccc1Cl. The van der Waals surface area contributed by atoms with Gasteiger partial charge in [0.1, 0.15) is 0 Å². The Kier molecular flexibility index (Phi) is 6.30. The van der Waals surface area contributed by atoms with Gasteiger partial charge in [-0.1, -0.05) is 23.7 Å². The van der Waals surface area contributed by atoms with E-state index in [0.29, 0.717) is 13.2 Å². The van der Waals surface area contributed by atoms with Crippen LogP contribution in [0.1, 0.15) is 10.4 Å². The van der Waals surface area contributed by atoms with Crippen LogP contribution < -0.4 is 5.32 Å². The number of carbonyl (C=O) groups excluding carboxylic acids is 1. The van der Waals surface area contributed by atoms with Crippen molar-refractivity contribution in [3.05, 3.63) is 53.1 Å². The summed E-state index contributed by atoms with van der Waals surface area (Å²) < 4.78 is 56.0. The third-order valence-corrected chi connectivity index (χ3v) is 7.70. The van der Waals surface area contributed by atoms with Crippen LogP contribution in [0.2, 0.25) is 5.02 Å². The summed E-state index contributed by atoms with van der Waals surface area (Å²) in [5.41, 5.74) is 0.00168. The van der Waals surface area contributed by atoms with E-state index in [4.69, 9.17) is 16.3 Å². The first-order valence-electron chi connectivity index (χ1n) is 8.58. The van der Waals surface area contributed by atoms with Gasteiger partial charge in [-0.3, -0.25) is 4.79 Å². The quantitative estimate of drug-likeness (QED) is 0.734. The molecule has 0 radical (unpaired) electrons. The Morgan fingerprint density at radius 3 is 2.38 bits per heavy atom. The molecule has 11 heteroatoms. The smallest absolute Gasteiger partial charge is 0.257 e. The highest BCUT2D eigenvalue weighted by Crippen LogP contribution is 2.26. The standard InChI is InChI=1S/C18H19ClN2O6S2/c1-28(23,24)17-5-3-2-4-16(17)20-18(22)14-12-13(6-7-15(14)19)29(25,26)21-8-10-27-11-9-21/h2-7,12H,8-11H2,1H3,(H,20,22). The summed E-state index contributed by atoms with van der Waals surface area (Å²) in [6.07, 6.45) is 1.03. The first kappa shape index (κ1) is 21.7. The Morgan fingerprint density at radius 1 is 1.07 bits per heavy atom. The van der Waals surface area contributed by atoms with Crippen LogP contribution in [0.4, 0.5) is 5.69 Å². The fourth-order valence-corrected chi connectivity index (χ4v) is 5.34. The molecule has 1 amide bonds. The number of nitrogens with one attached hydrogen (secondary N) is 1. The van der Waals surface area contributed by atoms with E-state index in [0.717, 1.165) is 6.26 Å². The number of ether oxygens (including phenoxy) is 1. The minimum atomic E-state index is -3.82. The second kappa shape index (κ2) is 8.41. The lowest BCUT2D eigenvalue weighted by Crippen LogP contribution is -2.40. The number of carbonyl (C=O) groups is 1. The normalized spacial score (nSPS) is 15.8. The average molecular weight is 459 g/mol. The molecule has 156 valence electrons. The minimum Gasteiger partial charge on any atom is -0.379 e. The number of nitrogens with zero attached hydrogens (tertiary/aromatic N) is 1. The van der Waals surface area contributed by atoms with Gasteiger partial charge in [-0.25, -0.2) is 16.8 Å². The Morgan fingerprint density at radius 2 is 1.72 bits per heavy atom. The monoisotopic (exact) mass is 458 g/mol. The molecular formula is C18H19ClN2O6S2. The summed E-state index contributed by atoms with van der Waals surface area (Å²) in [5, 5.41) is 2.54. The fourth-order valence-electron chi connectivity index (χ4n) is 2.86. The number of amides is 1. The van der Waals surface area contributed by atoms with E-state index in [1.54, 1.807) is 6.07 Å². The molecule has 0 saturated carbocycles. The molecule has 0 bridgehead atoms. The third kappa shape index (κ3) is 4.78. The summed E-state index contributed by atoms with van der Waals surface area (Å²) in [6.45, 7) is 1.02. The van der Waals surface area contributed by atoms with Crippen molar-refractivity contribution in [3.63, 3.8) is 0 Å². The highest BCUT2D eigenvalue weighted by molar-refractivity contribution is 7.91. The zero-order valence-corrected chi connectivity index (χ0v) is 17.8. The second-order valence-electron chi connectivity index (χ2n) is 6.38. The molecule has 0 aliphatic carbocycles. The number of rotatable bonds is 5. The third-order valence-electron chi connectivity index (χ3n) is 4.33. The van der Waals surface area contributed by atoms with Crippen LogP contribution in [0.25, 0.3) is 0 Å². The molecule has 0 unspecified atom stereocenters. The molecule has 0 aromatic heterocycles. The van der Waals surface area contributed by atoms with E-state index in [9.17, 15) is 21.6 Å². The van der Waals surface area contributed by atoms with Crippen LogP contribution in [0.15, 0.2) is 52.3 Å². The van der Waals surface area contributed by atoms with E-state index in [1.165, 1.54) is 40.7 Å². The number of hydrogen-bond acceptors (Lipinski definition) is 6. The van der Waals surface area contributed by atoms with Crippen molar-refractivity contribution in [2.45, 2.75) is 9.79 Å². The Balaban J connectivity index is 1.94. The zero-order chi connectivity index (χ0) is 21.2. The zero-order valence-electron chi connectivity index (χ0n) is 15.5. The number of morpholine rings is 1. The van der Waals surface area contributed by atoms with Crippen LogP contribution in [-0.2, 0) is 24.6 Å². The molecule has 3 rings (SSSR count). The van der Waals surface area contributed by atoms with E-state index >= 15 is 0 Å². The Bertz CT molecular complexity index is 1140. The van der Waals surface area contributed by atoms with E-state index in [1.807, 2.05) is 0 Å². The lowest BCUT2D eigenvalue weighted by atomic mass is 10.2. The van der Waals surface area contributed by atoms with Gasteiger partial charge < -0.3 is 10.1 Å². The first-order chi connectivity index (χ1) is 13.6. The molecule has 8 nitrogen and oxygen atoms in total. The Labute approximate surface area is 174 Å². The summed E-state index contributed by atoms with van der Waals surface area (Å²) in [5.74, 6) is -0.717. The van der Waals surface area contributed by atoms with Crippen LogP contribution in [0.5, 0.6) is 0 Å². The van der Waals surface area contributed by atoms with Gasteiger partial charge in [-0.05, 0) is 30.3 Å². The van der Waals surface area contributed by atoms with Crippen LogP contribution in [0, 0.1) is 0 Å². The molecule has 0 atom stereocenters. The maximum atomic E-state index is 12.8. The molecule has 1 heterocycles.